The molecule has 4 rings (SSSR count). The summed E-state index contributed by atoms with van der Waals surface area (Å²) in [6.07, 6.45) is 0.247. The fraction of sp³-hybridized carbons (Fsp3) is 0.417. The van der Waals surface area contributed by atoms with Gasteiger partial charge in [0, 0.05) is 23.5 Å². The molecule has 34 heavy (non-hydrogen) atoms. The summed E-state index contributed by atoms with van der Waals surface area (Å²) in [5, 5.41) is 43.8. The van der Waals surface area contributed by atoms with Crippen molar-refractivity contribution in [2.75, 3.05) is 14.1 Å². The van der Waals surface area contributed by atoms with Crippen molar-refractivity contribution in [2.45, 2.75) is 37.8 Å². The number of benzene rings is 1. The molecule has 0 radical (unpaired) electrons. The number of phenols is 1. The Hall–Kier alpha value is -3.50. The van der Waals surface area contributed by atoms with Crippen LogP contribution in [0.4, 0.5) is 0 Å². The number of rotatable bonds is 4. The van der Waals surface area contributed by atoms with E-state index in [9.17, 15) is 39.6 Å². The van der Waals surface area contributed by atoms with E-state index in [4.69, 9.17) is 5.73 Å². The molecule has 1 amide bonds. The maximum Gasteiger partial charge on any atom is 0.255 e. The number of fused-ring (bicyclic) bond motifs is 3. The van der Waals surface area contributed by atoms with Crippen molar-refractivity contribution in [3.05, 3.63) is 45.7 Å². The van der Waals surface area contributed by atoms with Crippen molar-refractivity contribution in [3.63, 3.8) is 0 Å². The normalized spacial score (nSPS) is 28.6. The zero-order valence-corrected chi connectivity index (χ0v) is 19.0. The smallest absolute Gasteiger partial charge is 0.255 e. The quantitative estimate of drug-likeness (QED) is 0.310. The van der Waals surface area contributed by atoms with Gasteiger partial charge < -0.3 is 26.2 Å². The highest BCUT2D eigenvalue weighted by Crippen LogP contribution is 2.52. The van der Waals surface area contributed by atoms with Gasteiger partial charge in [-0.25, -0.2) is 0 Å². The van der Waals surface area contributed by atoms with E-state index in [0.717, 1.165) is 0 Å². The lowest BCUT2D eigenvalue weighted by atomic mass is 9.57. The average Bonchev–Trinajstić information content (AvgIpc) is 2.75. The fourth-order valence-corrected chi connectivity index (χ4v) is 5.70. The number of nitrogens with zero attached hydrogens (tertiary/aromatic N) is 1. The van der Waals surface area contributed by atoms with Gasteiger partial charge >= 0.3 is 0 Å². The highest BCUT2D eigenvalue weighted by Gasteiger charge is 2.64. The molecule has 4 atom stereocenters. The van der Waals surface area contributed by atoms with E-state index >= 15 is 0 Å². The second kappa shape index (κ2) is 7.78. The molecule has 1 saturated carbocycles. The van der Waals surface area contributed by atoms with Crippen LogP contribution < -0.4 is 5.73 Å². The molecule has 6 N–H and O–H groups in total. The predicted octanol–water partition coefficient (Wildman–Crippen LogP) is 0.557. The van der Waals surface area contributed by atoms with Gasteiger partial charge in [-0.2, -0.15) is 0 Å². The van der Waals surface area contributed by atoms with Gasteiger partial charge in [-0.1, -0.05) is 6.92 Å². The maximum absolute atomic E-state index is 13.7. The maximum atomic E-state index is 13.7. The summed E-state index contributed by atoms with van der Waals surface area (Å²) >= 11 is 0. The Bertz CT molecular complexity index is 1230. The molecular weight excluding hydrogens is 444 g/mol. The molecule has 3 aliphatic rings. The first-order valence-corrected chi connectivity index (χ1v) is 10.9. The number of primary amides is 1. The van der Waals surface area contributed by atoms with Gasteiger partial charge in [0.25, 0.3) is 5.91 Å². The van der Waals surface area contributed by atoms with Gasteiger partial charge in [-0.3, -0.25) is 24.1 Å². The molecule has 3 aliphatic carbocycles. The Morgan fingerprint density at radius 1 is 1.18 bits per heavy atom. The van der Waals surface area contributed by atoms with E-state index in [-0.39, 0.29) is 41.9 Å². The zero-order valence-electron chi connectivity index (χ0n) is 19.0. The number of nitrogens with two attached hydrogens (primary N) is 1. The van der Waals surface area contributed by atoms with Crippen molar-refractivity contribution in [3.8, 4) is 5.75 Å². The largest absolute Gasteiger partial charge is 0.508 e. The second-order valence-corrected chi connectivity index (χ2v) is 9.22. The summed E-state index contributed by atoms with van der Waals surface area (Å²) in [6.45, 7) is 1.68. The molecule has 0 aliphatic heterocycles. The van der Waals surface area contributed by atoms with Gasteiger partial charge in [-0.05, 0) is 50.6 Å². The van der Waals surface area contributed by atoms with Crippen LogP contribution >= 0.6 is 0 Å². The fourth-order valence-electron chi connectivity index (χ4n) is 5.70. The third-order valence-electron chi connectivity index (χ3n) is 7.23. The van der Waals surface area contributed by atoms with Gasteiger partial charge in [0.2, 0.25) is 5.78 Å². The minimum absolute atomic E-state index is 0.0266. The van der Waals surface area contributed by atoms with E-state index < -0.39 is 58.0 Å². The topological polar surface area (TPSA) is 178 Å². The zero-order chi connectivity index (χ0) is 25.3. The van der Waals surface area contributed by atoms with Crippen LogP contribution in [0.1, 0.15) is 41.3 Å². The van der Waals surface area contributed by atoms with Crippen LogP contribution in [0.2, 0.25) is 0 Å². The summed E-state index contributed by atoms with van der Waals surface area (Å²) in [4.78, 5) is 52.6. The minimum Gasteiger partial charge on any atom is -0.508 e. The molecule has 0 saturated heterocycles. The highest BCUT2D eigenvalue weighted by molar-refractivity contribution is 6.24. The van der Waals surface area contributed by atoms with Crippen LogP contribution in [0, 0.1) is 11.8 Å². The molecule has 0 heterocycles. The molecule has 10 heteroatoms. The Morgan fingerprint density at radius 3 is 2.38 bits per heavy atom. The Morgan fingerprint density at radius 2 is 1.82 bits per heavy atom. The second-order valence-electron chi connectivity index (χ2n) is 9.22. The number of phenolic OH excluding ortho intramolecular Hbond substituents is 1. The lowest BCUT2D eigenvalue weighted by Crippen LogP contribution is -2.65. The molecule has 10 nitrogen and oxygen atoms in total. The van der Waals surface area contributed by atoms with Gasteiger partial charge in [0.05, 0.1) is 11.6 Å². The first kappa shape index (κ1) is 23.7. The summed E-state index contributed by atoms with van der Waals surface area (Å²) in [5.41, 5.74) is 2.09. The number of Topliss-reactive ketones (excluding diaryl/α,β-unsaturated/α-hetero) is 3. The molecule has 1 fully saturated rings. The highest BCUT2D eigenvalue weighted by atomic mass is 16.3. The standard InChI is InChI=1S/C24H26N2O8/c1-4-13(27)10-5-6-14(28)16-11(10)7-9-8-12-18(26(2)3)20(30)17(23(25)33)22(32)24(12,34)21(31)15(9)19(16)29/h5-6,9,12,18,28-29,32,34H,4,7-8H2,1-3H3,(H2,25,33)/t9-,12-,18-,24-/m1/s1. The Labute approximate surface area is 195 Å². The molecule has 1 aromatic rings. The number of aromatic hydroxyl groups is 1. The number of hydrogen-bond donors (Lipinski definition) is 5. The van der Waals surface area contributed by atoms with Crippen molar-refractivity contribution in [1.29, 1.82) is 0 Å². The lowest BCUT2D eigenvalue weighted by molar-refractivity contribution is -0.153. The summed E-state index contributed by atoms with van der Waals surface area (Å²) in [6, 6.07) is 1.55. The Balaban J connectivity index is 1.99. The summed E-state index contributed by atoms with van der Waals surface area (Å²) in [5.74, 6) is -7.37. The van der Waals surface area contributed by atoms with Crippen molar-refractivity contribution in [2.24, 2.45) is 17.6 Å². The number of carbonyl (C=O) groups excluding carboxylic acids is 4. The lowest BCUT2D eigenvalue weighted by Gasteiger charge is -2.50. The first-order valence-electron chi connectivity index (χ1n) is 10.9. The van der Waals surface area contributed by atoms with Crippen molar-refractivity contribution >= 4 is 29.0 Å². The van der Waals surface area contributed by atoms with Crippen LogP contribution in [0.3, 0.4) is 0 Å². The number of ketones is 3. The van der Waals surface area contributed by atoms with E-state index in [2.05, 4.69) is 0 Å². The number of hydrogen-bond acceptors (Lipinski definition) is 9. The number of amides is 1. The number of aliphatic hydroxyl groups is 3. The molecule has 1 aromatic carbocycles. The summed E-state index contributed by atoms with van der Waals surface area (Å²) in [7, 11) is 3.06. The van der Waals surface area contributed by atoms with E-state index in [1.54, 1.807) is 6.92 Å². The molecule has 180 valence electrons. The van der Waals surface area contributed by atoms with Crippen molar-refractivity contribution in [1.82, 2.24) is 4.90 Å². The van der Waals surface area contributed by atoms with Crippen LogP contribution in [-0.4, -0.2) is 74.3 Å². The summed E-state index contributed by atoms with van der Waals surface area (Å²) < 4.78 is 0. The third kappa shape index (κ3) is 2.95. The van der Waals surface area contributed by atoms with E-state index in [1.165, 1.54) is 31.1 Å². The van der Waals surface area contributed by atoms with Crippen LogP contribution in [-0.2, 0) is 20.8 Å². The molecule has 0 bridgehead atoms. The third-order valence-corrected chi connectivity index (χ3v) is 7.23. The molecule has 0 aromatic heterocycles. The number of carbonyl (C=O) groups is 4. The van der Waals surface area contributed by atoms with Crippen LogP contribution in [0.5, 0.6) is 5.75 Å². The minimum atomic E-state index is -2.68. The first-order chi connectivity index (χ1) is 15.9. The molecule has 0 spiro atoms. The molecule has 0 unspecified atom stereocenters. The SMILES string of the molecule is CCC(=O)c1ccc(O)c2c1C[C@@H]1C[C@@H]3[C@@H](N(C)C)C(=O)C(C(N)=O)=C(O)[C@]3(O)C(=O)C1=C2O. The monoisotopic (exact) mass is 470 g/mol. The Kier molecular flexibility index (Phi) is 5.41. The van der Waals surface area contributed by atoms with Gasteiger partial charge in [0.15, 0.2) is 17.2 Å². The van der Waals surface area contributed by atoms with Crippen LogP contribution in [0.15, 0.2) is 29.0 Å². The van der Waals surface area contributed by atoms with Crippen molar-refractivity contribution < 1.29 is 39.6 Å². The predicted molar refractivity (Wildman–Crippen MR) is 119 cm³/mol. The van der Waals surface area contributed by atoms with Gasteiger partial charge in [-0.15, -0.1) is 0 Å². The van der Waals surface area contributed by atoms with Gasteiger partial charge in [0.1, 0.15) is 22.8 Å². The molecular formula is C24H26N2O8. The number of aliphatic hydroxyl groups excluding tert-OH is 2. The van der Waals surface area contributed by atoms with E-state index in [0.29, 0.717) is 11.1 Å². The average molecular weight is 470 g/mol. The van der Waals surface area contributed by atoms with E-state index in [1.807, 2.05) is 0 Å². The van der Waals surface area contributed by atoms with Crippen LogP contribution in [0.25, 0.3) is 5.76 Å². The number of likely N-dealkylation sites (N-methyl/N-ethyl adjacent to an activating group) is 1.